The van der Waals surface area contributed by atoms with Crippen LogP contribution >= 0.6 is 11.3 Å². The maximum atomic E-state index is 12.4. The van der Waals surface area contributed by atoms with E-state index in [9.17, 15) is 18.0 Å². The zero-order valence-electron chi connectivity index (χ0n) is 9.20. The highest BCUT2D eigenvalue weighted by Crippen LogP contribution is 2.29. The molecule has 0 radical (unpaired) electrons. The molecule has 94 valence electrons. The summed E-state index contributed by atoms with van der Waals surface area (Å²) >= 11 is 1.33. The molecule has 1 aromatic heterocycles. The van der Waals surface area contributed by atoms with Crippen molar-refractivity contribution in [3.05, 3.63) is 57.3 Å². The van der Waals surface area contributed by atoms with Gasteiger partial charge in [0, 0.05) is 0 Å². The molecule has 0 aliphatic heterocycles. The molecule has 0 spiro atoms. The van der Waals surface area contributed by atoms with E-state index in [2.05, 4.69) is 0 Å². The van der Waals surface area contributed by atoms with Crippen LogP contribution in [0.4, 0.5) is 13.2 Å². The number of hydrogen-bond donors (Lipinski definition) is 0. The van der Waals surface area contributed by atoms with Crippen LogP contribution in [0.3, 0.4) is 0 Å². The van der Waals surface area contributed by atoms with Crippen molar-refractivity contribution in [3.63, 3.8) is 0 Å². The van der Waals surface area contributed by atoms with Crippen molar-refractivity contribution in [2.24, 2.45) is 0 Å². The number of alkyl halides is 3. The Morgan fingerprint density at radius 1 is 1.11 bits per heavy atom. The van der Waals surface area contributed by atoms with E-state index in [1.807, 2.05) is 5.38 Å². The molecule has 0 aliphatic carbocycles. The fourth-order valence-electron chi connectivity index (χ4n) is 1.60. The summed E-state index contributed by atoms with van der Waals surface area (Å²) in [6, 6.07) is 6.81. The Labute approximate surface area is 106 Å². The quantitative estimate of drug-likeness (QED) is 0.765. The smallest absolute Gasteiger partial charge is 0.297 e. The van der Waals surface area contributed by atoms with E-state index in [1.54, 1.807) is 6.07 Å². The average molecular weight is 270 g/mol. The molecule has 0 atom stereocenters. The lowest BCUT2D eigenvalue weighted by Crippen LogP contribution is -2.04. The van der Waals surface area contributed by atoms with Crippen molar-refractivity contribution >= 4 is 17.6 Å². The van der Waals surface area contributed by atoms with Gasteiger partial charge in [0.25, 0.3) is 0 Å². The topological polar surface area (TPSA) is 17.1 Å². The highest BCUT2D eigenvalue weighted by Gasteiger charge is 2.29. The maximum absolute atomic E-state index is 12.4. The van der Waals surface area contributed by atoms with Crippen LogP contribution in [-0.4, -0.2) is 6.29 Å². The van der Waals surface area contributed by atoms with Crippen LogP contribution in [-0.2, 0) is 12.6 Å². The second kappa shape index (κ2) is 4.94. The van der Waals surface area contributed by atoms with Crippen molar-refractivity contribution in [2.75, 3.05) is 0 Å². The van der Waals surface area contributed by atoms with Gasteiger partial charge in [-0.25, -0.2) is 0 Å². The SMILES string of the molecule is O=Cc1cc(Cc2ccc(C(F)(F)F)cc2)cs1. The summed E-state index contributed by atoms with van der Waals surface area (Å²) in [5.41, 5.74) is 1.07. The number of carbonyl (C=O) groups excluding carboxylic acids is 1. The minimum absolute atomic E-state index is 0.530. The van der Waals surface area contributed by atoms with E-state index in [1.165, 1.54) is 23.5 Å². The highest BCUT2D eigenvalue weighted by molar-refractivity contribution is 7.11. The Morgan fingerprint density at radius 2 is 1.78 bits per heavy atom. The van der Waals surface area contributed by atoms with Gasteiger partial charge in [0.15, 0.2) is 6.29 Å². The Hall–Kier alpha value is -1.62. The standard InChI is InChI=1S/C13H9F3OS/c14-13(15,16)11-3-1-9(2-4-11)5-10-6-12(7-17)18-8-10/h1-4,6-8H,5H2. The second-order valence-corrected chi connectivity index (χ2v) is 4.79. The normalized spacial score (nSPS) is 11.5. The molecule has 0 fully saturated rings. The van der Waals surface area contributed by atoms with Crippen molar-refractivity contribution in [3.8, 4) is 0 Å². The molecular weight excluding hydrogens is 261 g/mol. The summed E-state index contributed by atoms with van der Waals surface area (Å²) in [5, 5.41) is 1.83. The first-order valence-corrected chi connectivity index (χ1v) is 6.06. The summed E-state index contributed by atoms with van der Waals surface area (Å²) in [6.07, 6.45) is -3.00. The molecule has 0 saturated heterocycles. The Bertz CT molecular complexity index is 540. The molecule has 1 heterocycles. The predicted molar refractivity (Wildman–Crippen MR) is 64.0 cm³/mol. The summed E-state index contributed by atoms with van der Waals surface area (Å²) in [5.74, 6) is 0. The van der Waals surface area contributed by atoms with Crippen LogP contribution in [0.25, 0.3) is 0 Å². The number of benzene rings is 1. The number of aldehydes is 1. The molecule has 0 aliphatic rings. The lowest BCUT2D eigenvalue weighted by atomic mass is 10.1. The number of hydrogen-bond acceptors (Lipinski definition) is 2. The van der Waals surface area contributed by atoms with Gasteiger partial charge in [0.05, 0.1) is 10.4 Å². The second-order valence-electron chi connectivity index (χ2n) is 3.85. The first-order chi connectivity index (χ1) is 8.49. The minimum Gasteiger partial charge on any atom is -0.297 e. The molecule has 1 nitrogen and oxygen atoms in total. The van der Waals surface area contributed by atoms with Crippen molar-refractivity contribution < 1.29 is 18.0 Å². The van der Waals surface area contributed by atoms with Crippen LogP contribution in [0, 0.1) is 0 Å². The maximum Gasteiger partial charge on any atom is 0.416 e. The van der Waals surface area contributed by atoms with Gasteiger partial charge in [-0.1, -0.05) is 12.1 Å². The van der Waals surface area contributed by atoms with Crippen molar-refractivity contribution in [1.82, 2.24) is 0 Å². The number of thiophene rings is 1. The third kappa shape index (κ3) is 2.98. The number of halogens is 3. The van der Waals surface area contributed by atoms with Gasteiger partial charge in [-0.2, -0.15) is 13.2 Å². The summed E-state index contributed by atoms with van der Waals surface area (Å²) in [7, 11) is 0. The van der Waals surface area contributed by atoms with E-state index in [0.29, 0.717) is 11.3 Å². The largest absolute Gasteiger partial charge is 0.416 e. The molecule has 5 heteroatoms. The van der Waals surface area contributed by atoms with Crippen molar-refractivity contribution in [2.45, 2.75) is 12.6 Å². The van der Waals surface area contributed by atoms with Crippen LogP contribution in [0.1, 0.15) is 26.4 Å². The third-order valence-electron chi connectivity index (χ3n) is 2.48. The molecule has 0 amide bonds. The van der Waals surface area contributed by atoms with Gasteiger partial charge in [-0.15, -0.1) is 11.3 Å². The van der Waals surface area contributed by atoms with Crippen molar-refractivity contribution in [1.29, 1.82) is 0 Å². The first kappa shape index (κ1) is 12.8. The molecule has 0 N–H and O–H groups in total. The highest BCUT2D eigenvalue weighted by atomic mass is 32.1. The molecule has 0 unspecified atom stereocenters. The molecule has 2 aromatic rings. The van der Waals surface area contributed by atoms with E-state index < -0.39 is 11.7 Å². The van der Waals surface area contributed by atoms with Gasteiger partial charge < -0.3 is 0 Å². The average Bonchev–Trinajstić information content (AvgIpc) is 2.76. The van der Waals surface area contributed by atoms with E-state index in [-0.39, 0.29) is 0 Å². The lowest BCUT2D eigenvalue weighted by molar-refractivity contribution is -0.137. The summed E-state index contributed by atoms with van der Waals surface area (Å²) in [4.78, 5) is 11.1. The van der Waals surface area contributed by atoms with Crippen LogP contribution in [0.2, 0.25) is 0 Å². The first-order valence-electron chi connectivity index (χ1n) is 5.18. The molecule has 1 aromatic carbocycles. The lowest BCUT2D eigenvalue weighted by Gasteiger charge is -2.07. The van der Waals surface area contributed by atoms with Gasteiger partial charge >= 0.3 is 6.18 Å². The molecule has 0 saturated carbocycles. The number of carbonyl (C=O) groups is 1. The summed E-state index contributed by atoms with van der Waals surface area (Å²) in [6.45, 7) is 0. The van der Waals surface area contributed by atoms with Crippen LogP contribution in [0.15, 0.2) is 35.7 Å². The van der Waals surface area contributed by atoms with Crippen LogP contribution in [0.5, 0.6) is 0 Å². The molecule has 18 heavy (non-hydrogen) atoms. The molecular formula is C13H9F3OS. The predicted octanol–water partition coefficient (Wildman–Crippen LogP) is 4.17. The monoisotopic (exact) mass is 270 g/mol. The summed E-state index contributed by atoms with van der Waals surface area (Å²) < 4.78 is 37.1. The molecule has 2 rings (SSSR count). The third-order valence-corrected chi connectivity index (χ3v) is 3.39. The Balaban J connectivity index is 2.13. The zero-order valence-corrected chi connectivity index (χ0v) is 10.0. The number of rotatable bonds is 3. The van der Waals surface area contributed by atoms with E-state index >= 15 is 0 Å². The van der Waals surface area contributed by atoms with Gasteiger partial charge in [-0.3, -0.25) is 4.79 Å². The van der Waals surface area contributed by atoms with Gasteiger partial charge in [0.1, 0.15) is 0 Å². The van der Waals surface area contributed by atoms with Gasteiger partial charge in [-0.05, 0) is 41.1 Å². The van der Waals surface area contributed by atoms with Crippen LogP contribution < -0.4 is 0 Å². The van der Waals surface area contributed by atoms with Gasteiger partial charge in [0.2, 0.25) is 0 Å². The van der Waals surface area contributed by atoms with E-state index in [4.69, 9.17) is 0 Å². The minimum atomic E-state index is -4.30. The van der Waals surface area contributed by atoms with E-state index in [0.717, 1.165) is 29.5 Å². The Kier molecular flexibility index (Phi) is 3.52. The molecule has 0 bridgehead atoms. The zero-order chi connectivity index (χ0) is 13.2. The fourth-order valence-corrected chi connectivity index (χ4v) is 2.31. The fraction of sp³-hybridized carbons (Fsp3) is 0.154. The Morgan fingerprint density at radius 3 is 2.28 bits per heavy atom.